The Morgan fingerprint density at radius 3 is 2.95 bits per heavy atom. The maximum absolute atomic E-state index is 12.5. The molecule has 2 aromatic rings. The van der Waals surface area contributed by atoms with E-state index in [1.807, 2.05) is 12.1 Å². The third-order valence-electron chi connectivity index (χ3n) is 3.54. The molecule has 0 aliphatic carbocycles. The first kappa shape index (κ1) is 14.2. The second kappa shape index (κ2) is 5.93. The fraction of sp³-hybridized carbons (Fsp3) is 0.267. The van der Waals surface area contributed by atoms with Gasteiger partial charge in [-0.2, -0.15) is 0 Å². The summed E-state index contributed by atoms with van der Waals surface area (Å²) in [5.74, 6) is 0. The van der Waals surface area contributed by atoms with Crippen LogP contribution in [0, 0.1) is 0 Å². The number of benzene rings is 1. The van der Waals surface area contributed by atoms with Gasteiger partial charge in [0.05, 0.1) is 10.4 Å². The minimum atomic E-state index is -3.54. The lowest BCUT2D eigenvalue weighted by Crippen LogP contribution is -2.29. The van der Waals surface area contributed by atoms with Gasteiger partial charge in [0.15, 0.2) is 0 Å². The lowest BCUT2D eigenvalue weighted by Gasteiger charge is -2.15. The predicted octanol–water partition coefficient (Wildman–Crippen LogP) is 1.43. The van der Waals surface area contributed by atoms with Crippen LogP contribution < -0.4 is 10.0 Å². The topological polar surface area (TPSA) is 71.1 Å². The van der Waals surface area contributed by atoms with Crippen molar-refractivity contribution in [1.29, 1.82) is 0 Å². The predicted molar refractivity (Wildman–Crippen MR) is 82.5 cm³/mol. The highest BCUT2D eigenvalue weighted by atomic mass is 32.2. The number of sulfonamides is 1. The van der Waals surface area contributed by atoms with Crippen LogP contribution in [0.3, 0.4) is 0 Å². The Bertz CT molecular complexity index is 779. The number of nitrogens with zero attached hydrogens (tertiary/aromatic N) is 1. The van der Waals surface area contributed by atoms with E-state index in [2.05, 4.69) is 15.0 Å². The number of aromatic nitrogens is 1. The van der Waals surface area contributed by atoms with Gasteiger partial charge in [-0.25, -0.2) is 13.1 Å². The Kier molecular flexibility index (Phi) is 4.01. The minimum absolute atomic E-state index is 0.280. The average Bonchev–Trinajstić information content (AvgIpc) is 2.53. The number of hydrogen-bond acceptors (Lipinski definition) is 4. The Labute approximate surface area is 124 Å². The molecule has 2 N–H and O–H groups in total. The van der Waals surface area contributed by atoms with Gasteiger partial charge >= 0.3 is 0 Å². The number of fused-ring (bicyclic) bond motifs is 1. The third kappa shape index (κ3) is 3.12. The summed E-state index contributed by atoms with van der Waals surface area (Å²) in [6.45, 7) is 2.06. The van der Waals surface area contributed by atoms with Crippen LogP contribution in [0.1, 0.15) is 6.42 Å². The molecule has 0 saturated heterocycles. The maximum Gasteiger partial charge on any atom is 0.241 e. The van der Waals surface area contributed by atoms with Gasteiger partial charge in [-0.3, -0.25) is 4.98 Å². The Balaban J connectivity index is 1.88. The van der Waals surface area contributed by atoms with E-state index in [0.717, 1.165) is 25.1 Å². The van der Waals surface area contributed by atoms with Crippen LogP contribution >= 0.6 is 0 Å². The zero-order valence-corrected chi connectivity index (χ0v) is 12.4. The smallest absolute Gasteiger partial charge is 0.241 e. The number of pyridine rings is 1. The van der Waals surface area contributed by atoms with E-state index in [9.17, 15) is 8.42 Å². The summed E-state index contributed by atoms with van der Waals surface area (Å²) in [6, 6.07) is 8.66. The number of nitrogens with one attached hydrogen (secondary N) is 2. The van der Waals surface area contributed by atoms with Crippen molar-refractivity contribution in [3.63, 3.8) is 0 Å². The second-order valence-electron chi connectivity index (χ2n) is 4.97. The van der Waals surface area contributed by atoms with Crippen LogP contribution in [0.2, 0.25) is 0 Å². The molecule has 1 aliphatic rings. The van der Waals surface area contributed by atoms with E-state index < -0.39 is 10.0 Å². The van der Waals surface area contributed by atoms with Crippen molar-refractivity contribution >= 4 is 20.9 Å². The maximum atomic E-state index is 12.5. The largest absolute Gasteiger partial charge is 0.313 e. The number of rotatable bonds is 4. The summed E-state index contributed by atoms with van der Waals surface area (Å²) in [4.78, 5) is 4.47. The Hall–Kier alpha value is -1.76. The highest BCUT2D eigenvalue weighted by Crippen LogP contribution is 2.21. The zero-order valence-electron chi connectivity index (χ0n) is 11.5. The fourth-order valence-corrected chi connectivity index (χ4v) is 3.66. The van der Waals surface area contributed by atoms with Crippen LogP contribution in [-0.2, 0) is 10.0 Å². The molecule has 3 rings (SSSR count). The summed E-state index contributed by atoms with van der Waals surface area (Å²) in [6.07, 6.45) is 4.57. The molecule has 0 amide bonds. The van der Waals surface area contributed by atoms with Crippen LogP contribution in [-0.4, -0.2) is 33.0 Å². The van der Waals surface area contributed by atoms with E-state index in [0.29, 0.717) is 17.4 Å². The molecule has 2 heterocycles. The van der Waals surface area contributed by atoms with Gasteiger partial charge in [-0.05, 0) is 37.2 Å². The van der Waals surface area contributed by atoms with Crippen molar-refractivity contribution < 1.29 is 8.42 Å². The molecule has 0 bridgehead atoms. The summed E-state index contributed by atoms with van der Waals surface area (Å²) < 4.78 is 27.7. The van der Waals surface area contributed by atoms with Crippen molar-refractivity contribution in [2.75, 3.05) is 19.6 Å². The summed E-state index contributed by atoms with van der Waals surface area (Å²) >= 11 is 0. The molecule has 110 valence electrons. The van der Waals surface area contributed by atoms with Crippen LogP contribution in [0.4, 0.5) is 0 Å². The quantitative estimate of drug-likeness (QED) is 0.838. The highest BCUT2D eigenvalue weighted by molar-refractivity contribution is 7.89. The molecule has 1 aromatic carbocycles. The van der Waals surface area contributed by atoms with E-state index >= 15 is 0 Å². The molecule has 5 nitrogen and oxygen atoms in total. The molecular weight excluding hydrogens is 286 g/mol. The third-order valence-corrected chi connectivity index (χ3v) is 5.00. The van der Waals surface area contributed by atoms with Crippen molar-refractivity contribution in [2.45, 2.75) is 11.3 Å². The van der Waals surface area contributed by atoms with E-state index in [4.69, 9.17) is 0 Å². The molecule has 1 aliphatic heterocycles. The molecule has 1 aromatic heterocycles. The molecule has 6 heteroatoms. The normalized spacial score (nSPS) is 15.9. The van der Waals surface area contributed by atoms with Crippen LogP contribution in [0.15, 0.2) is 53.1 Å². The van der Waals surface area contributed by atoms with Gasteiger partial charge in [0, 0.05) is 24.7 Å². The second-order valence-corrected chi connectivity index (χ2v) is 6.70. The molecule has 0 saturated carbocycles. The summed E-state index contributed by atoms with van der Waals surface area (Å²) in [7, 11) is -3.54. The van der Waals surface area contributed by atoms with E-state index in [1.54, 1.807) is 30.5 Å². The summed E-state index contributed by atoms with van der Waals surface area (Å²) in [5.41, 5.74) is 1.80. The lowest BCUT2D eigenvalue weighted by atomic mass is 10.1. The first-order valence-corrected chi connectivity index (χ1v) is 8.37. The molecule has 0 fully saturated rings. The van der Waals surface area contributed by atoms with Gasteiger partial charge in [-0.1, -0.05) is 17.7 Å². The molecule has 21 heavy (non-hydrogen) atoms. The Morgan fingerprint density at radius 2 is 2.14 bits per heavy atom. The van der Waals surface area contributed by atoms with Crippen molar-refractivity contribution in [2.24, 2.45) is 0 Å². The number of hydrogen-bond donors (Lipinski definition) is 2. The van der Waals surface area contributed by atoms with E-state index in [1.165, 1.54) is 0 Å². The van der Waals surface area contributed by atoms with Crippen molar-refractivity contribution in [3.05, 3.63) is 48.2 Å². The van der Waals surface area contributed by atoms with Gasteiger partial charge in [0.2, 0.25) is 10.0 Å². The monoisotopic (exact) mass is 303 g/mol. The van der Waals surface area contributed by atoms with Crippen LogP contribution in [0.5, 0.6) is 0 Å². The molecule has 0 unspecified atom stereocenters. The van der Waals surface area contributed by atoms with Crippen molar-refractivity contribution in [1.82, 2.24) is 15.0 Å². The van der Waals surface area contributed by atoms with E-state index in [-0.39, 0.29) is 4.90 Å². The fourth-order valence-electron chi connectivity index (χ4n) is 2.41. The molecule has 0 spiro atoms. The average molecular weight is 303 g/mol. The van der Waals surface area contributed by atoms with Crippen molar-refractivity contribution in [3.8, 4) is 0 Å². The highest BCUT2D eigenvalue weighted by Gasteiger charge is 2.17. The molecule has 0 radical (unpaired) electrons. The SMILES string of the molecule is O=S(=O)(NCC1=CCNCC1)c1cccc2ncccc12. The first-order chi connectivity index (χ1) is 10.2. The van der Waals surface area contributed by atoms with Crippen LogP contribution in [0.25, 0.3) is 10.9 Å². The standard InChI is InChI=1S/C15H17N3O2S/c19-21(20,18-11-12-6-9-16-10-7-12)15-5-1-4-14-13(15)3-2-8-17-14/h1-6,8,16,18H,7,9-11H2. The molecular formula is C15H17N3O2S. The Morgan fingerprint density at radius 1 is 1.24 bits per heavy atom. The minimum Gasteiger partial charge on any atom is -0.313 e. The summed E-state index contributed by atoms with van der Waals surface area (Å²) in [5, 5.41) is 3.85. The lowest BCUT2D eigenvalue weighted by molar-refractivity contribution is 0.583. The zero-order chi connectivity index (χ0) is 14.7. The van der Waals surface area contributed by atoms with Gasteiger partial charge < -0.3 is 5.32 Å². The first-order valence-electron chi connectivity index (χ1n) is 6.89. The van der Waals surface area contributed by atoms with Gasteiger partial charge in [-0.15, -0.1) is 0 Å². The molecule has 0 atom stereocenters. The van der Waals surface area contributed by atoms with Gasteiger partial charge in [0.25, 0.3) is 0 Å². The van der Waals surface area contributed by atoms with Gasteiger partial charge in [0.1, 0.15) is 0 Å².